The Morgan fingerprint density at radius 2 is 2.21 bits per heavy atom. The lowest BCUT2D eigenvalue weighted by atomic mass is 10.3. The number of halogens is 2. The number of hydrogen-bond acceptors (Lipinski definition) is 3. The fourth-order valence-electron chi connectivity index (χ4n) is 1.40. The van der Waals surface area contributed by atoms with Crippen molar-refractivity contribution in [2.45, 2.75) is 6.42 Å². The molecule has 0 bridgehead atoms. The summed E-state index contributed by atoms with van der Waals surface area (Å²) >= 11 is 5.84. The van der Waals surface area contributed by atoms with Gasteiger partial charge in [-0.15, -0.1) is 12.4 Å². The SMILES string of the molecule is CNCCC(=O)N(C)CCOc1cccc(Cl)c1.Cl. The highest BCUT2D eigenvalue weighted by Gasteiger charge is 2.07. The monoisotopic (exact) mass is 306 g/mol. The number of nitrogens with one attached hydrogen (secondary N) is 1. The normalized spacial score (nSPS) is 9.63. The van der Waals surface area contributed by atoms with Crippen LogP contribution in [0, 0.1) is 0 Å². The van der Waals surface area contributed by atoms with Gasteiger partial charge in [-0.3, -0.25) is 4.79 Å². The fourth-order valence-corrected chi connectivity index (χ4v) is 1.58. The molecular weight excluding hydrogens is 287 g/mol. The van der Waals surface area contributed by atoms with Crippen LogP contribution < -0.4 is 10.1 Å². The molecule has 1 N–H and O–H groups in total. The van der Waals surface area contributed by atoms with Crippen molar-refractivity contribution in [3.63, 3.8) is 0 Å². The van der Waals surface area contributed by atoms with Crippen LogP contribution in [0.2, 0.25) is 5.02 Å². The van der Waals surface area contributed by atoms with Crippen molar-refractivity contribution < 1.29 is 9.53 Å². The predicted molar refractivity (Wildman–Crippen MR) is 80.4 cm³/mol. The van der Waals surface area contributed by atoms with Crippen LogP contribution >= 0.6 is 24.0 Å². The Morgan fingerprint density at radius 3 is 2.84 bits per heavy atom. The van der Waals surface area contributed by atoms with Gasteiger partial charge in [-0.2, -0.15) is 0 Å². The van der Waals surface area contributed by atoms with Crippen LogP contribution in [0.25, 0.3) is 0 Å². The third-order valence-electron chi connectivity index (χ3n) is 2.51. The number of hydrogen-bond donors (Lipinski definition) is 1. The van der Waals surface area contributed by atoms with Gasteiger partial charge in [-0.1, -0.05) is 17.7 Å². The standard InChI is InChI=1S/C13H19ClN2O2.ClH/c1-15-7-6-13(17)16(2)8-9-18-12-5-3-4-11(14)10-12;/h3-5,10,15H,6-9H2,1-2H3;1H. The van der Waals surface area contributed by atoms with Gasteiger partial charge in [0.15, 0.2) is 0 Å². The van der Waals surface area contributed by atoms with E-state index < -0.39 is 0 Å². The van der Waals surface area contributed by atoms with Crippen molar-refractivity contribution in [1.29, 1.82) is 0 Å². The summed E-state index contributed by atoms with van der Waals surface area (Å²) in [5.74, 6) is 0.831. The van der Waals surface area contributed by atoms with Crippen LogP contribution in [0.1, 0.15) is 6.42 Å². The van der Waals surface area contributed by atoms with Crippen LogP contribution in [0.5, 0.6) is 5.75 Å². The van der Waals surface area contributed by atoms with Crippen molar-refractivity contribution in [2.75, 3.05) is 33.8 Å². The van der Waals surface area contributed by atoms with Crippen LogP contribution in [-0.2, 0) is 4.79 Å². The van der Waals surface area contributed by atoms with Gasteiger partial charge in [0.2, 0.25) is 5.91 Å². The molecule has 1 rings (SSSR count). The fraction of sp³-hybridized carbons (Fsp3) is 0.462. The lowest BCUT2D eigenvalue weighted by Gasteiger charge is -2.17. The van der Waals surface area contributed by atoms with Crippen LogP contribution in [0.3, 0.4) is 0 Å². The molecule has 0 saturated carbocycles. The highest BCUT2D eigenvalue weighted by Crippen LogP contribution is 2.16. The van der Waals surface area contributed by atoms with Gasteiger partial charge < -0.3 is 15.0 Å². The number of benzene rings is 1. The van der Waals surface area contributed by atoms with E-state index in [9.17, 15) is 4.79 Å². The Kier molecular flexibility index (Phi) is 9.39. The van der Waals surface area contributed by atoms with Gasteiger partial charge in [0.05, 0.1) is 6.54 Å². The van der Waals surface area contributed by atoms with E-state index >= 15 is 0 Å². The summed E-state index contributed by atoms with van der Waals surface area (Å²) in [5, 5.41) is 3.59. The van der Waals surface area contributed by atoms with E-state index in [0.29, 0.717) is 31.1 Å². The van der Waals surface area contributed by atoms with Gasteiger partial charge in [0, 0.05) is 25.0 Å². The second kappa shape index (κ2) is 9.89. The van der Waals surface area contributed by atoms with E-state index in [1.54, 1.807) is 24.1 Å². The van der Waals surface area contributed by atoms with Gasteiger partial charge in [0.1, 0.15) is 12.4 Å². The highest BCUT2D eigenvalue weighted by molar-refractivity contribution is 6.30. The Hall–Kier alpha value is -0.970. The number of nitrogens with zero attached hydrogens (tertiary/aromatic N) is 1. The van der Waals surface area contributed by atoms with E-state index in [-0.39, 0.29) is 18.3 Å². The first kappa shape index (κ1) is 18.0. The Labute approximate surface area is 125 Å². The zero-order valence-electron chi connectivity index (χ0n) is 11.2. The molecule has 4 nitrogen and oxygen atoms in total. The number of carbonyl (C=O) groups excluding carboxylic acids is 1. The van der Waals surface area contributed by atoms with Gasteiger partial charge in [0.25, 0.3) is 0 Å². The van der Waals surface area contributed by atoms with Crippen molar-refractivity contribution in [3.8, 4) is 5.75 Å². The maximum absolute atomic E-state index is 11.6. The van der Waals surface area contributed by atoms with Gasteiger partial charge >= 0.3 is 0 Å². The molecule has 0 aliphatic heterocycles. The Bertz CT molecular complexity index is 389. The average molecular weight is 307 g/mol. The molecular formula is C13H20Cl2N2O2. The van der Waals surface area contributed by atoms with Crippen molar-refractivity contribution >= 4 is 29.9 Å². The third kappa shape index (κ3) is 7.25. The van der Waals surface area contributed by atoms with Crippen molar-refractivity contribution in [1.82, 2.24) is 10.2 Å². The summed E-state index contributed by atoms with van der Waals surface area (Å²) in [7, 11) is 3.61. The van der Waals surface area contributed by atoms with Crippen LogP contribution in [0.15, 0.2) is 24.3 Å². The molecule has 0 saturated heterocycles. The molecule has 0 aliphatic rings. The number of ether oxygens (including phenoxy) is 1. The maximum atomic E-state index is 11.6. The van der Waals surface area contributed by atoms with Crippen LogP contribution in [0.4, 0.5) is 0 Å². The molecule has 0 aliphatic carbocycles. The summed E-state index contributed by atoms with van der Waals surface area (Å²) in [6.45, 7) is 1.72. The second-order valence-electron chi connectivity index (χ2n) is 3.97. The van der Waals surface area contributed by atoms with Gasteiger partial charge in [-0.25, -0.2) is 0 Å². The molecule has 19 heavy (non-hydrogen) atoms. The molecule has 1 aromatic rings. The third-order valence-corrected chi connectivity index (χ3v) is 2.74. The quantitative estimate of drug-likeness (QED) is 0.840. The first-order valence-corrected chi connectivity index (χ1v) is 6.28. The van der Waals surface area contributed by atoms with E-state index in [0.717, 1.165) is 5.75 Å². The summed E-state index contributed by atoms with van der Waals surface area (Å²) < 4.78 is 5.52. The number of amides is 1. The number of carbonyl (C=O) groups is 1. The molecule has 1 amide bonds. The van der Waals surface area contributed by atoms with E-state index in [1.165, 1.54) is 0 Å². The number of likely N-dealkylation sites (N-methyl/N-ethyl adjacent to an activating group) is 1. The molecule has 1 aromatic carbocycles. The summed E-state index contributed by atoms with van der Waals surface area (Å²) in [6.07, 6.45) is 0.504. The molecule has 0 atom stereocenters. The second-order valence-corrected chi connectivity index (χ2v) is 4.41. The maximum Gasteiger partial charge on any atom is 0.223 e. The molecule has 0 fully saturated rings. The Morgan fingerprint density at radius 1 is 1.47 bits per heavy atom. The van der Waals surface area contributed by atoms with Gasteiger partial charge in [-0.05, 0) is 25.2 Å². The lowest BCUT2D eigenvalue weighted by Crippen LogP contribution is -2.32. The zero-order chi connectivity index (χ0) is 13.4. The van der Waals surface area contributed by atoms with E-state index in [4.69, 9.17) is 16.3 Å². The molecule has 0 spiro atoms. The van der Waals surface area contributed by atoms with Crippen molar-refractivity contribution in [3.05, 3.63) is 29.3 Å². The molecule has 108 valence electrons. The summed E-state index contributed by atoms with van der Waals surface area (Å²) in [4.78, 5) is 13.3. The minimum atomic E-state index is 0. The molecule has 6 heteroatoms. The van der Waals surface area contributed by atoms with E-state index in [1.807, 2.05) is 19.2 Å². The highest BCUT2D eigenvalue weighted by atomic mass is 35.5. The topological polar surface area (TPSA) is 41.6 Å². The predicted octanol–water partition coefficient (Wildman–Crippen LogP) is 2.21. The van der Waals surface area contributed by atoms with Crippen LogP contribution in [-0.4, -0.2) is 44.6 Å². The smallest absolute Gasteiger partial charge is 0.223 e. The Balaban J connectivity index is 0.00000324. The lowest BCUT2D eigenvalue weighted by molar-refractivity contribution is -0.130. The summed E-state index contributed by atoms with van der Waals surface area (Å²) in [5.41, 5.74) is 0. The first-order valence-electron chi connectivity index (χ1n) is 5.90. The zero-order valence-corrected chi connectivity index (χ0v) is 12.8. The molecule has 0 heterocycles. The molecule has 0 radical (unpaired) electrons. The molecule has 0 aromatic heterocycles. The number of rotatable bonds is 7. The van der Waals surface area contributed by atoms with Crippen molar-refractivity contribution in [2.24, 2.45) is 0 Å². The largest absolute Gasteiger partial charge is 0.492 e. The average Bonchev–Trinajstić information content (AvgIpc) is 2.35. The molecule has 0 unspecified atom stereocenters. The summed E-state index contributed by atoms with van der Waals surface area (Å²) in [6, 6.07) is 7.22. The minimum Gasteiger partial charge on any atom is -0.492 e. The minimum absolute atomic E-state index is 0. The van der Waals surface area contributed by atoms with E-state index in [2.05, 4.69) is 5.32 Å². The first-order chi connectivity index (χ1) is 8.63.